The van der Waals surface area contributed by atoms with Gasteiger partial charge in [-0.25, -0.2) is 9.97 Å². The van der Waals surface area contributed by atoms with E-state index in [4.69, 9.17) is 4.74 Å². The van der Waals surface area contributed by atoms with Crippen LogP contribution in [0.3, 0.4) is 0 Å². The van der Waals surface area contributed by atoms with E-state index in [-0.39, 0.29) is 29.4 Å². The molecule has 30 heavy (non-hydrogen) atoms. The summed E-state index contributed by atoms with van der Waals surface area (Å²) in [6.45, 7) is 10.0. The molecule has 2 atom stereocenters. The highest BCUT2D eigenvalue weighted by Gasteiger charge is 2.53. The number of hydrogen-bond donors (Lipinski definition) is 2. The predicted molar refractivity (Wildman–Crippen MR) is 132 cm³/mol. The van der Waals surface area contributed by atoms with Gasteiger partial charge >= 0.3 is 0 Å². The van der Waals surface area contributed by atoms with E-state index in [1.54, 1.807) is 6.20 Å². The van der Waals surface area contributed by atoms with Crippen molar-refractivity contribution in [2.24, 2.45) is 10.4 Å². The molecule has 1 aliphatic carbocycles. The lowest BCUT2D eigenvalue weighted by Crippen LogP contribution is -2.65. The van der Waals surface area contributed by atoms with Crippen LogP contribution in [0.25, 0.3) is 5.82 Å². The highest BCUT2D eigenvalue weighted by Crippen LogP contribution is 2.48. The molecule has 0 spiro atoms. The molecule has 7 nitrogen and oxygen atoms in total. The fraction of sp³-hybridized carbons (Fsp3) is 0.591. The first kappa shape index (κ1) is 24.6. The van der Waals surface area contributed by atoms with Gasteiger partial charge in [-0.05, 0) is 44.7 Å². The third-order valence-corrected chi connectivity index (χ3v) is 6.35. The standard InChI is InChI=1S/C22H34N6O.HI/c1-6-22(7-2)18(13-19(22)29-8-3)27-21(23-5)26-15-17-9-10-20(25-14-17)28-12-11-24-16(28)4;/h9-12,14,18-19H,6-8,13,15H2,1-5H3,(H2,23,26,27);1H. The largest absolute Gasteiger partial charge is 0.378 e. The fourth-order valence-corrected chi connectivity index (χ4v) is 4.41. The highest BCUT2D eigenvalue weighted by atomic mass is 127. The zero-order valence-corrected chi connectivity index (χ0v) is 21.0. The van der Waals surface area contributed by atoms with Gasteiger partial charge in [-0.2, -0.15) is 0 Å². The maximum absolute atomic E-state index is 5.99. The maximum Gasteiger partial charge on any atom is 0.191 e. The van der Waals surface area contributed by atoms with Crippen LogP contribution in [-0.4, -0.2) is 46.3 Å². The van der Waals surface area contributed by atoms with E-state index in [9.17, 15) is 0 Å². The average molecular weight is 526 g/mol. The second-order valence-corrected chi connectivity index (χ2v) is 7.61. The number of aryl methyl sites for hydroxylation is 1. The summed E-state index contributed by atoms with van der Waals surface area (Å²) in [6.07, 6.45) is 9.16. The Hall–Kier alpha value is -1.68. The fourth-order valence-electron chi connectivity index (χ4n) is 4.41. The van der Waals surface area contributed by atoms with Crippen molar-refractivity contribution in [1.82, 2.24) is 25.2 Å². The summed E-state index contributed by atoms with van der Waals surface area (Å²) in [4.78, 5) is 13.2. The number of ether oxygens (including phenoxy) is 1. The molecular weight excluding hydrogens is 491 g/mol. The van der Waals surface area contributed by atoms with E-state index >= 15 is 0 Å². The van der Waals surface area contributed by atoms with Crippen molar-refractivity contribution < 1.29 is 4.74 Å². The minimum Gasteiger partial charge on any atom is -0.378 e. The van der Waals surface area contributed by atoms with Gasteiger partial charge in [-0.1, -0.05) is 19.9 Å². The lowest BCUT2D eigenvalue weighted by Gasteiger charge is -2.55. The van der Waals surface area contributed by atoms with Crippen molar-refractivity contribution in [3.8, 4) is 5.82 Å². The zero-order valence-electron chi connectivity index (χ0n) is 18.7. The van der Waals surface area contributed by atoms with E-state index < -0.39 is 0 Å². The van der Waals surface area contributed by atoms with Gasteiger partial charge < -0.3 is 15.4 Å². The van der Waals surface area contributed by atoms with Gasteiger partial charge in [0.25, 0.3) is 0 Å². The lowest BCUT2D eigenvalue weighted by molar-refractivity contribution is -0.133. The third-order valence-electron chi connectivity index (χ3n) is 6.35. The zero-order chi connectivity index (χ0) is 20.9. The summed E-state index contributed by atoms with van der Waals surface area (Å²) >= 11 is 0. The molecule has 0 aromatic carbocycles. The number of imidazole rings is 1. The summed E-state index contributed by atoms with van der Waals surface area (Å²) in [5.74, 6) is 2.62. The van der Waals surface area contributed by atoms with Crippen molar-refractivity contribution in [1.29, 1.82) is 0 Å². The van der Waals surface area contributed by atoms with Crippen LogP contribution in [0.1, 0.15) is 51.4 Å². The SMILES string of the molecule is CCOC1CC(NC(=NC)NCc2ccc(-n3ccnc3C)nc2)C1(CC)CC.I. The summed E-state index contributed by atoms with van der Waals surface area (Å²) in [5.41, 5.74) is 1.28. The summed E-state index contributed by atoms with van der Waals surface area (Å²) in [6, 6.07) is 4.48. The number of guanidine groups is 1. The van der Waals surface area contributed by atoms with E-state index in [1.165, 1.54) is 0 Å². The van der Waals surface area contributed by atoms with Crippen LogP contribution >= 0.6 is 24.0 Å². The second kappa shape index (κ2) is 11.1. The smallest absolute Gasteiger partial charge is 0.191 e. The Morgan fingerprint density at radius 2 is 2.03 bits per heavy atom. The Balaban J connectivity index is 0.00000320. The Bertz CT molecular complexity index is 815. The van der Waals surface area contributed by atoms with Crippen LogP contribution < -0.4 is 10.6 Å². The van der Waals surface area contributed by atoms with Gasteiger partial charge in [-0.3, -0.25) is 9.56 Å². The Morgan fingerprint density at radius 1 is 1.27 bits per heavy atom. The molecule has 1 saturated carbocycles. The van der Waals surface area contributed by atoms with E-state index in [0.717, 1.165) is 49.0 Å². The Morgan fingerprint density at radius 3 is 2.57 bits per heavy atom. The monoisotopic (exact) mass is 526 g/mol. The first-order valence-electron chi connectivity index (χ1n) is 10.6. The van der Waals surface area contributed by atoms with Crippen molar-refractivity contribution >= 4 is 29.9 Å². The number of halogens is 1. The lowest BCUT2D eigenvalue weighted by atomic mass is 9.58. The molecule has 0 saturated heterocycles. The number of aliphatic imine (C=N–C) groups is 1. The molecule has 3 rings (SSSR count). The van der Waals surface area contributed by atoms with Gasteiger partial charge in [0.1, 0.15) is 11.6 Å². The van der Waals surface area contributed by atoms with Gasteiger partial charge in [0.15, 0.2) is 5.96 Å². The quantitative estimate of drug-likeness (QED) is 0.311. The molecule has 166 valence electrons. The van der Waals surface area contributed by atoms with Crippen LogP contribution in [0.4, 0.5) is 0 Å². The normalized spacial score (nSPS) is 20.2. The predicted octanol–water partition coefficient (Wildman–Crippen LogP) is 3.84. The molecular formula is C22H35IN6O. The van der Waals surface area contributed by atoms with Crippen LogP contribution in [0.15, 0.2) is 35.7 Å². The molecule has 0 aliphatic heterocycles. The van der Waals surface area contributed by atoms with Gasteiger partial charge in [-0.15, -0.1) is 24.0 Å². The van der Waals surface area contributed by atoms with Gasteiger partial charge in [0, 0.05) is 50.2 Å². The summed E-state index contributed by atoms with van der Waals surface area (Å²) in [5, 5.41) is 7.04. The molecule has 0 radical (unpaired) electrons. The molecule has 1 fully saturated rings. The van der Waals surface area contributed by atoms with Crippen LogP contribution in [0.5, 0.6) is 0 Å². The molecule has 8 heteroatoms. The minimum atomic E-state index is 0. The van der Waals surface area contributed by atoms with E-state index in [0.29, 0.717) is 18.7 Å². The summed E-state index contributed by atoms with van der Waals surface area (Å²) < 4.78 is 7.96. The highest BCUT2D eigenvalue weighted by molar-refractivity contribution is 14.0. The van der Waals surface area contributed by atoms with Crippen molar-refractivity contribution in [3.63, 3.8) is 0 Å². The van der Waals surface area contributed by atoms with Gasteiger partial charge in [0.2, 0.25) is 0 Å². The minimum absolute atomic E-state index is 0. The molecule has 0 amide bonds. The molecule has 2 heterocycles. The van der Waals surface area contributed by atoms with Crippen molar-refractivity contribution in [2.75, 3.05) is 13.7 Å². The number of nitrogens with one attached hydrogen (secondary N) is 2. The molecule has 2 N–H and O–H groups in total. The number of rotatable bonds is 8. The van der Waals surface area contributed by atoms with E-state index in [2.05, 4.69) is 52.4 Å². The number of pyridine rings is 1. The first-order chi connectivity index (χ1) is 14.1. The van der Waals surface area contributed by atoms with Crippen LogP contribution in [0, 0.1) is 12.3 Å². The maximum atomic E-state index is 5.99. The van der Waals surface area contributed by atoms with Crippen LogP contribution in [-0.2, 0) is 11.3 Å². The molecule has 0 bridgehead atoms. The third kappa shape index (κ3) is 4.96. The van der Waals surface area contributed by atoms with Crippen LogP contribution in [0.2, 0.25) is 0 Å². The van der Waals surface area contributed by atoms with Crippen molar-refractivity contribution in [2.45, 2.75) is 65.6 Å². The van der Waals surface area contributed by atoms with Gasteiger partial charge in [0.05, 0.1) is 6.10 Å². The molecule has 2 aromatic rings. The number of aromatic nitrogens is 3. The first-order valence-corrected chi connectivity index (χ1v) is 10.6. The van der Waals surface area contributed by atoms with Crippen molar-refractivity contribution in [3.05, 3.63) is 42.1 Å². The second-order valence-electron chi connectivity index (χ2n) is 7.61. The Labute approximate surface area is 197 Å². The number of nitrogens with zero attached hydrogens (tertiary/aromatic N) is 4. The molecule has 2 unspecified atom stereocenters. The molecule has 2 aromatic heterocycles. The Kier molecular flexibility index (Phi) is 9.09. The van der Waals surface area contributed by atoms with E-state index in [1.807, 2.05) is 37.0 Å². The number of hydrogen-bond acceptors (Lipinski definition) is 4. The molecule has 1 aliphatic rings. The topological polar surface area (TPSA) is 76.4 Å². The summed E-state index contributed by atoms with van der Waals surface area (Å²) in [7, 11) is 1.82. The average Bonchev–Trinajstić information content (AvgIpc) is 3.17.